The first-order chi connectivity index (χ1) is 33.0. The van der Waals surface area contributed by atoms with E-state index in [1.165, 1.54) is 103 Å². The van der Waals surface area contributed by atoms with Crippen molar-refractivity contribution in [2.24, 2.45) is 0 Å². The third-order valence-electron chi connectivity index (χ3n) is 11.9. The van der Waals surface area contributed by atoms with Gasteiger partial charge in [0.05, 0.1) is 0 Å². The SMILES string of the molecule is CC/C=C\C/C=C\C/C=C\CCCCCCC(=O)OCC(COC(=O)CCCCCCC/C=C\C=C/CCCCCCCCC)OC(=O)CCCCCCCCC/C=C\C/C=C\CCCCC. The van der Waals surface area contributed by atoms with Crippen LogP contribution in [-0.2, 0) is 28.6 Å². The van der Waals surface area contributed by atoms with E-state index in [0.29, 0.717) is 19.3 Å². The van der Waals surface area contributed by atoms with E-state index in [0.717, 1.165) is 122 Å². The van der Waals surface area contributed by atoms with Gasteiger partial charge in [-0.3, -0.25) is 14.4 Å². The quantitative estimate of drug-likeness (QED) is 0.0199. The fourth-order valence-electron chi connectivity index (χ4n) is 7.65. The molecule has 0 N–H and O–H groups in total. The average Bonchev–Trinajstić information content (AvgIpc) is 3.33. The van der Waals surface area contributed by atoms with Crippen molar-refractivity contribution in [1.29, 1.82) is 0 Å². The molecule has 0 aromatic carbocycles. The van der Waals surface area contributed by atoms with Gasteiger partial charge in [0.2, 0.25) is 0 Å². The molecule has 384 valence electrons. The van der Waals surface area contributed by atoms with Gasteiger partial charge in [-0.05, 0) is 109 Å². The number of carbonyl (C=O) groups is 3. The Labute approximate surface area is 414 Å². The molecule has 0 rings (SSSR count). The van der Waals surface area contributed by atoms with Crippen LogP contribution in [0.3, 0.4) is 0 Å². The predicted molar refractivity (Wildman–Crippen MR) is 288 cm³/mol. The minimum atomic E-state index is -0.797. The van der Waals surface area contributed by atoms with Gasteiger partial charge in [-0.15, -0.1) is 0 Å². The van der Waals surface area contributed by atoms with Crippen LogP contribution in [0.1, 0.15) is 265 Å². The van der Waals surface area contributed by atoms with Gasteiger partial charge < -0.3 is 14.2 Å². The van der Waals surface area contributed by atoms with Crippen molar-refractivity contribution in [3.05, 3.63) is 85.1 Å². The minimum absolute atomic E-state index is 0.0954. The Hall–Kier alpha value is -3.41. The maximum atomic E-state index is 12.8. The van der Waals surface area contributed by atoms with Crippen LogP contribution >= 0.6 is 0 Å². The number of unbranched alkanes of at least 4 members (excludes halogenated alkanes) is 26. The summed E-state index contributed by atoms with van der Waals surface area (Å²) in [5, 5.41) is 0. The Bertz CT molecular complexity index is 1300. The molecule has 67 heavy (non-hydrogen) atoms. The van der Waals surface area contributed by atoms with Crippen molar-refractivity contribution >= 4 is 17.9 Å². The Morgan fingerprint density at radius 3 is 1.03 bits per heavy atom. The van der Waals surface area contributed by atoms with Gasteiger partial charge in [0, 0.05) is 19.3 Å². The minimum Gasteiger partial charge on any atom is -0.462 e. The number of rotatable bonds is 50. The van der Waals surface area contributed by atoms with E-state index in [-0.39, 0.29) is 31.1 Å². The first-order valence-corrected chi connectivity index (χ1v) is 28.1. The highest BCUT2D eigenvalue weighted by atomic mass is 16.6. The zero-order chi connectivity index (χ0) is 48.6. The Morgan fingerprint density at radius 2 is 0.627 bits per heavy atom. The van der Waals surface area contributed by atoms with E-state index >= 15 is 0 Å². The molecule has 0 saturated heterocycles. The monoisotopic (exact) mass is 933 g/mol. The Kier molecular flexibility index (Phi) is 52.4. The highest BCUT2D eigenvalue weighted by Crippen LogP contribution is 2.14. The van der Waals surface area contributed by atoms with Crippen LogP contribution in [0.25, 0.3) is 0 Å². The average molecular weight is 933 g/mol. The second-order valence-electron chi connectivity index (χ2n) is 18.5. The lowest BCUT2D eigenvalue weighted by molar-refractivity contribution is -0.167. The molecule has 0 aliphatic heterocycles. The summed E-state index contributed by atoms with van der Waals surface area (Å²) in [4.78, 5) is 38.1. The van der Waals surface area contributed by atoms with E-state index < -0.39 is 6.10 Å². The van der Waals surface area contributed by atoms with Crippen molar-refractivity contribution in [1.82, 2.24) is 0 Å². The summed E-state index contributed by atoms with van der Waals surface area (Å²) in [7, 11) is 0. The first kappa shape index (κ1) is 63.6. The number of allylic oxidation sites excluding steroid dienone is 14. The molecule has 0 aromatic heterocycles. The molecular formula is C61H104O6. The third-order valence-corrected chi connectivity index (χ3v) is 11.9. The zero-order valence-corrected chi connectivity index (χ0v) is 43.9. The molecule has 0 saturated carbocycles. The zero-order valence-electron chi connectivity index (χ0n) is 43.9. The summed E-state index contributed by atoms with van der Waals surface area (Å²) in [6.07, 6.45) is 71.4. The van der Waals surface area contributed by atoms with Crippen molar-refractivity contribution in [3.8, 4) is 0 Å². The molecule has 1 unspecified atom stereocenters. The number of ether oxygens (including phenoxy) is 3. The molecule has 0 heterocycles. The molecule has 0 aliphatic carbocycles. The Morgan fingerprint density at radius 1 is 0.328 bits per heavy atom. The lowest BCUT2D eigenvalue weighted by Gasteiger charge is -2.18. The van der Waals surface area contributed by atoms with Crippen molar-refractivity contribution in [3.63, 3.8) is 0 Å². The molecule has 0 amide bonds. The van der Waals surface area contributed by atoms with Crippen LogP contribution in [0, 0.1) is 0 Å². The van der Waals surface area contributed by atoms with Crippen molar-refractivity contribution < 1.29 is 28.6 Å². The van der Waals surface area contributed by atoms with E-state index in [9.17, 15) is 14.4 Å². The molecule has 6 heteroatoms. The van der Waals surface area contributed by atoms with Crippen LogP contribution in [-0.4, -0.2) is 37.2 Å². The molecular weight excluding hydrogens is 829 g/mol. The van der Waals surface area contributed by atoms with Crippen molar-refractivity contribution in [2.45, 2.75) is 271 Å². The maximum Gasteiger partial charge on any atom is 0.306 e. The van der Waals surface area contributed by atoms with Crippen LogP contribution in [0.2, 0.25) is 0 Å². The molecule has 1 atom stereocenters. The summed E-state index contributed by atoms with van der Waals surface area (Å²) in [5.41, 5.74) is 0. The summed E-state index contributed by atoms with van der Waals surface area (Å²) >= 11 is 0. The Balaban J connectivity index is 4.45. The second-order valence-corrected chi connectivity index (χ2v) is 18.5. The van der Waals surface area contributed by atoms with Gasteiger partial charge in [-0.2, -0.15) is 0 Å². The van der Waals surface area contributed by atoms with E-state index in [2.05, 4.69) is 106 Å². The number of hydrogen-bond donors (Lipinski definition) is 0. The molecule has 6 nitrogen and oxygen atoms in total. The van der Waals surface area contributed by atoms with Crippen molar-refractivity contribution in [2.75, 3.05) is 13.2 Å². The highest BCUT2D eigenvalue weighted by molar-refractivity contribution is 5.71. The lowest BCUT2D eigenvalue weighted by atomic mass is 10.1. The summed E-state index contributed by atoms with van der Waals surface area (Å²) in [5.74, 6) is -0.936. The lowest BCUT2D eigenvalue weighted by Crippen LogP contribution is -2.30. The smallest absolute Gasteiger partial charge is 0.306 e. The molecule has 0 aliphatic rings. The van der Waals surface area contributed by atoms with Crippen LogP contribution < -0.4 is 0 Å². The normalized spacial score (nSPS) is 12.7. The standard InChI is InChI=1S/C61H104O6/c1-4-7-10-13-16-19-22-25-28-30-32-33-36-39-42-45-48-51-54-60(63)66-57-58(56-65-59(62)53-50-47-44-41-38-35-27-24-21-18-15-12-9-6-3)67-61(64)55-52-49-46-43-40-37-34-31-29-26-23-20-17-14-11-8-5-2/h9,12,17-18,20-21,26-30,32-33,35,58H,4-8,10-11,13-16,19,22-25,31,34,36-57H2,1-3H3/b12-9-,20-17-,21-18-,29-26-,30-28-,33-32-,35-27-. The summed E-state index contributed by atoms with van der Waals surface area (Å²) < 4.78 is 16.8. The van der Waals surface area contributed by atoms with Gasteiger partial charge in [0.25, 0.3) is 0 Å². The van der Waals surface area contributed by atoms with Gasteiger partial charge in [-0.25, -0.2) is 0 Å². The highest BCUT2D eigenvalue weighted by Gasteiger charge is 2.19. The molecule has 0 radical (unpaired) electrons. The largest absolute Gasteiger partial charge is 0.462 e. The predicted octanol–water partition coefficient (Wildman–Crippen LogP) is 18.8. The fraction of sp³-hybridized carbons (Fsp3) is 0.721. The van der Waals surface area contributed by atoms with Gasteiger partial charge in [0.1, 0.15) is 13.2 Å². The second kappa shape index (κ2) is 55.2. The molecule has 0 bridgehead atoms. The summed E-state index contributed by atoms with van der Waals surface area (Å²) in [6.45, 7) is 6.47. The molecule has 0 aromatic rings. The summed E-state index contributed by atoms with van der Waals surface area (Å²) in [6, 6.07) is 0. The van der Waals surface area contributed by atoms with Crippen LogP contribution in [0.4, 0.5) is 0 Å². The van der Waals surface area contributed by atoms with E-state index in [1.807, 2.05) is 0 Å². The van der Waals surface area contributed by atoms with Gasteiger partial charge in [-0.1, -0.05) is 221 Å². The number of carbonyl (C=O) groups excluding carboxylic acids is 3. The first-order valence-electron chi connectivity index (χ1n) is 28.1. The van der Waals surface area contributed by atoms with Crippen LogP contribution in [0.5, 0.6) is 0 Å². The third kappa shape index (κ3) is 53.4. The van der Waals surface area contributed by atoms with E-state index in [4.69, 9.17) is 14.2 Å². The van der Waals surface area contributed by atoms with Gasteiger partial charge >= 0.3 is 17.9 Å². The topological polar surface area (TPSA) is 78.9 Å². The maximum absolute atomic E-state index is 12.8. The van der Waals surface area contributed by atoms with Gasteiger partial charge in [0.15, 0.2) is 6.10 Å². The number of esters is 3. The van der Waals surface area contributed by atoms with E-state index in [1.54, 1.807) is 0 Å². The fourth-order valence-corrected chi connectivity index (χ4v) is 7.65. The van der Waals surface area contributed by atoms with Crippen LogP contribution in [0.15, 0.2) is 85.1 Å². The molecule has 0 spiro atoms. The molecule has 0 fully saturated rings. The number of hydrogen-bond acceptors (Lipinski definition) is 6.